The number of hydrogen-bond donors (Lipinski definition) is 1. The van der Waals surface area contributed by atoms with E-state index in [4.69, 9.17) is 21.6 Å². The molecule has 0 spiro atoms. The lowest BCUT2D eigenvalue weighted by atomic mass is 10.3. The molecule has 1 N–H and O–H groups in total. The van der Waals surface area contributed by atoms with Gasteiger partial charge in [-0.15, -0.1) is 10.2 Å². The number of carbonyl (C=O) groups is 1. The number of aromatic nitrogens is 2. The smallest absolute Gasteiger partial charge is 0.321 e. The number of ether oxygens (including phenoxy) is 1. The highest BCUT2D eigenvalue weighted by Gasteiger charge is 2.07. The average molecular weight is 318 g/mol. The Morgan fingerprint density at radius 3 is 2.55 bits per heavy atom. The zero-order valence-electron chi connectivity index (χ0n) is 11.9. The third-order valence-corrected chi connectivity index (χ3v) is 2.85. The highest BCUT2D eigenvalue weighted by atomic mass is 35.5. The summed E-state index contributed by atoms with van der Waals surface area (Å²) in [5.74, 6) is 0.673. The maximum absolute atomic E-state index is 11.5. The van der Waals surface area contributed by atoms with E-state index >= 15 is 0 Å². The SMILES string of the molecule is CN(C)C(=O)Nc1ccc(Oc2cc(Cl)c(C#N)nn2)cc1. The molecule has 0 aliphatic heterocycles. The molecule has 22 heavy (non-hydrogen) atoms. The highest BCUT2D eigenvalue weighted by Crippen LogP contribution is 2.24. The summed E-state index contributed by atoms with van der Waals surface area (Å²) in [5.41, 5.74) is 0.672. The number of nitriles is 1. The van der Waals surface area contributed by atoms with Gasteiger partial charge in [-0.1, -0.05) is 11.6 Å². The molecule has 0 unspecified atom stereocenters. The van der Waals surface area contributed by atoms with Crippen molar-refractivity contribution in [2.45, 2.75) is 0 Å². The fourth-order valence-corrected chi connectivity index (χ4v) is 1.61. The summed E-state index contributed by atoms with van der Waals surface area (Å²) in [6.45, 7) is 0. The van der Waals surface area contributed by atoms with Gasteiger partial charge < -0.3 is 15.0 Å². The summed E-state index contributed by atoms with van der Waals surface area (Å²) < 4.78 is 5.48. The molecule has 0 aliphatic carbocycles. The van der Waals surface area contributed by atoms with Crippen LogP contribution in [0.1, 0.15) is 5.69 Å². The van der Waals surface area contributed by atoms with Crippen LogP contribution in [0, 0.1) is 11.3 Å². The van der Waals surface area contributed by atoms with Crippen LogP contribution >= 0.6 is 11.6 Å². The van der Waals surface area contributed by atoms with E-state index in [-0.39, 0.29) is 22.6 Å². The number of benzene rings is 1. The number of amides is 2. The summed E-state index contributed by atoms with van der Waals surface area (Å²) in [4.78, 5) is 12.9. The number of rotatable bonds is 3. The molecule has 0 bridgehead atoms. The minimum absolute atomic E-state index is 0.0377. The van der Waals surface area contributed by atoms with Gasteiger partial charge in [0.25, 0.3) is 0 Å². The van der Waals surface area contributed by atoms with Gasteiger partial charge in [-0.25, -0.2) is 4.79 Å². The van der Waals surface area contributed by atoms with E-state index < -0.39 is 0 Å². The zero-order valence-corrected chi connectivity index (χ0v) is 12.6. The summed E-state index contributed by atoms with van der Waals surface area (Å²) in [6.07, 6.45) is 0. The number of hydrogen-bond acceptors (Lipinski definition) is 5. The van der Waals surface area contributed by atoms with Crippen LogP contribution in [0.2, 0.25) is 5.02 Å². The van der Waals surface area contributed by atoms with Crippen LogP contribution in [0.3, 0.4) is 0 Å². The molecule has 8 heteroatoms. The summed E-state index contributed by atoms with van der Waals surface area (Å²) in [7, 11) is 3.31. The molecule has 0 atom stereocenters. The van der Waals surface area contributed by atoms with Crippen LogP contribution in [-0.2, 0) is 0 Å². The molecule has 7 nitrogen and oxygen atoms in total. The maximum Gasteiger partial charge on any atom is 0.321 e. The second-order valence-electron chi connectivity index (χ2n) is 4.44. The topological polar surface area (TPSA) is 91.1 Å². The van der Waals surface area contributed by atoms with Crippen LogP contribution in [0.4, 0.5) is 10.5 Å². The first-order valence-electron chi connectivity index (χ1n) is 6.19. The van der Waals surface area contributed by atoms with Crippen molar-refractivity contribution in [3.8, 4) is 17.7 Å². The fraction of sp³-hybridized carbons (Fsp3) is 0.143. The number of nitrogens with zero attached hydrogens (tertiary/aromatic N) is 4. The first kappa shape index (κ1) is 15.5. The van der Waals surface area contributed by atoms with Gasteiger partial charge in [-0.3, -0.25) is 0 Å². The van der Waals surface area contributed by atoms with Gasteiger partial charge in [0, 0.05) is 25.8 Å². The molecule has 1 heterocycles. The van der Waals surface area contributed by atoms with Gasteiger partial charge in [0.2, 0.25) is 5.88 Å². The Balaban J connectivity index is 2.07. The number of halogens is 1. The van der Waals surface area contributed by atoms with Crippen molar-refractivity contribution in [1.29, 1.82) is 5.26 Å². The molecule has 0 saturated carbocycles. The monoisotopic (exact) mass is 317 g/mol. The summed E-state index contributed by atoms with van der Waals surface area (Å²) in [5, 5.41) is 19.0. The number of nitrogens with one attached hydrogen (secondary N) is 1. The molecule has 2 aromatic rings. The standard InChI is InChI=1S/C14H12ClN5O2/c1-20(2)14(21)17-9-3-5-10(6-4-9)22-13-7-11(15)12(8-16)18-19-13/h3-7H,1-2H3,(H,17,21). The van der Waals surface area contributed by atoms with Crippen molar-refractivity contribution < 1.29 is 9.53 Å². The summed E-state index contributed by atoms with van der Waals surface area (Å²) >= 11 is 5.85. The third-order valence-electron chi connectivity index (χ3n) is 2.57. The largest absolute Gasteiger partial charge is 0.437 e. The Bertz CT molecular complexity index is 725. The Hall–Kier alpha value is -2.85. The molecule has 0 aliphatic rings. The lowest BCUT2D eigenvalue weighted by Gasteiger charge is -2.12. The lowest BCUT2D eigenvalue weighted by molar-refractivity contribution is 0.230. The van der Waals surface area contributed by atoms with Gasteiger partial charge >= 0.3 is 6.03 Å². The lowest BCUT2D eigenvalue weighted by Crippen LogP contribution is -2.27. The maximum atomic E-state index is 11.5. The molecule has 2 amide bonds. The second kappa shape index (κ2) is 6.74. The van der Waals surface area contributed by atoms with E-state index in [1.165, 1.54) is 11.0 Å². The van der Waals surface area contributed by atoms with E-state index in [0.29, 0.717) is 11.4 Å². The minimum Gasteiger partial charge on any atom is -0.437 e. The van der Waals surface area contributed by atoms with E-state index in [1.807, 2.05) is 6.07 Å². The van der Waals surface area contributed by atoms with E-state index in [0.717, 1.165) is 0 Å². The minimum atomic E-state index is -0.224. The summed E-state index contributed by atoms with van der Waals surface area (Å²) in [6, 6.07) is 9.71. The first-order valence-corrected chi connectivity index (χ1v) is 6.57. The Kier molecular flexibility index (Phi) is 4.76. The van der Waals surface area contributed by atoms with Crippen molar-refractivity contribution >= 4 is 23.3 Å². The predicted octanol–water partition coefficient (Wildman–Crippen LogP) is 2.89. The van der Waals surface area contributed by atoms with Crippen LogP contribution in [0.5, 0.6) is 11.6 Å². The first-order chi connectivity index (χ1) is 10.5. The van der Waals surface area contributed by atoms with Gasteiger partial charge in [-0.05, 0) is 24.3 Å². The third kappa shape index (κ3) is 3.84. The number of anilines is 1. The highest BCUT2D eigenvalue weighted by molar-refractivity contribution is 6.31. The second-order valence-corrected chi connectivity index (χ2v) is 4.85. The molecular formula is C14H12ClN5O2. The van der Waals surface area contributed by atoms with E-state index in [9.17, 15) is 4.79 Å². The molecule has 2 rings (SSSR count). The average Bonchev–Trinajstić information content (AvgIpc) is 2.49. The normalized spacial score (nSPS) is 9.73. The molecule has 1 aromatic carbocycles. The van der Waals surface area contributed by atoms with Crippen LogP contribution < -0.4 is 10.1 Å². The predicted molar refractivity (Wildman–Crippen MR) is 81.0 cm³/mol. The van der Waals surface area contributed by atoms with Crippen molar-refractivity contribution in [3.05, 3.63) is 41.0 Å². The Labute approximate surface area is 132 Å². The van der Waals surface area contributed by atoms with Crippen molar-refractivity contribution in [3.63, 3.8) is 0 Å². The van der Waals surface area contributed by atoms with Gasteiger partial charge in [-0.2, -0.15) is 5.26 Å². The molecule has 0 saturated heterocycles. The molecule has 0 radical (unpaired) electrons. The Morgan fingerprint density at radius 2 is 2.00 bits per heavy atom. The quantitative estimate of drug-likeness (QED) is 0.939. The van der Waals surface area contributed by atoms with Crippen molar-refractivity contribution in [1.82, 2.24) is 15.1 Å². The molecular weight excluding hydrogens is 306 g/mol. The van der Waals surface area contributed by atoms with Crippen LogP contribution in [-0.4, -0.2) is 35.2 Å². The fourth-order valence-electron chi connectivity index (χ4n) is 1.44. The van der Waals surface area contributed by atoms with Crippen molar-refractivity contribution in [2.24, 2.45) is 0 Å². The van der Waals surface area contributed by atoms with Crippen molar-refractivity contribution in [2.75, 3.05) is 19.4 Å². The van der Waals surface area contributed by atoms with Crippen LogP contribution in [0.25, 0.3) is 0 Å². The van der Waals surface area contributed by atoms with Gasteiger partial charge in [0.1, 0.15) is 11.8 Å². The zero-order chi connectivity index (χ0) is 16.1. The van der Waals surface area contributed by atoms with Gasteiger partial charge in [0.05, 0.1) is 5.02 Å². The van der Waals surface area contributed by atoms with Crippen LogP contribution in [0.15, 0.2) is 30.3 Å². The Morgan fingerprint density at radius 1 is 1.32 bits per heavy atom. The molecule has 0 fully saturated rings. The van der Waals surface area contributed by atoms with E-state index in [1.54, 1.807) is 38.4 Å². The molecule has 1 aromatic heterocycles. The van der Waals surface area contributed by atoms with E-state index in [2.05, 4.69) is 15.5 Å². The molecule has 112 valence electrons. The van der Waals surface area contributed by atoms with Gasteiger partial charge in [0.15, 0.2) is 5.69 Å². The number of carbonyl (C=O) groups excluding carboxylic acids is 1. The number of urea groups is 1.